The van der Waals surface area contributed by atoms with Gasteiger partial charge in [-0.05, 0) is 0 Å². The van der Waals surface area contributed by atoms with E-state index < -0.39 is 0 Å². The molecule has 1 N–H and O–H groups in total. The van der Waals surface area contributed by atoms with E-state index in [-0.39, 0.29) is 19.0 Å². The van der Waals surface area contributed by atoms with Gasteiger partial charge in [0.15, 0.2) is 0 Å². The van der Waals surface area contributed by atoms with E-state index in [1.807, 2.05) is 26.0 Å². The molecular formula is C12H16N6. The molecule has 1 heterocycles. The Kier molecular flexibility index (Phi) is 4.89. The fourth-order valence-corrected chi connectivity index (χ4v) is 1.39. The van der Waals surface area contributed by atoms with Crippen molar-refractivity contribution in [3.63, 3.8) is 0 Å². The molecule has 0 aliphatic carbocycles. The van der Waals surface area contributed by atoms with Crippen LogP contribution in [0, 0.1) is 22.7 Å². The molecule has 0 aliphatic heterocycles. The lowest BCUT2D eigenvalue weighted by atomic mass is 10.2. The fraction of sp³-hybridized carbons (Fsp3) is 0.500. The lowest BCUT2D eigenvalue weighted by Crippen LogP contribution is -2.25. The molecule has 0 bridgehead atoms. The molecule has 0 atom stereocenters. The zero-order valence-electron chi connectivity index (χ0n) is 10.8. The summed E-state index contributed by atoms with van der Waals surface area (Å²) >= 11 is 0. The summed E-state index contributed by atoms with van der Waals surface area (Å²) in [6.07, 6.45) is 0. The van der Waals surface area contributed by atoms with Gasteiger partial charge in [0.2, 0.25) is 0 Å². The molecule has 0 amide bonds. The Morgan fingerprint density at radius 3 is 2.33 bits per heavy atom. The first-order valence-corrected chi connectivity index (χ1v) is 5.68. The summed E-state index contributed by atoms with van der Waals surface area (Å²) in [6.45, 7) is 4.26. The van der Waals surface area contributed by atoms with Crippen molar-refractivity contribution in [2.75, 3.05) is 30.4 Å². The lowest BCUT2D eigenvalue weighted by Gasteiger charge is -2.19. The van der Waals surface area contributed by atoms with Crippen LogP contribution < -0.4 is 10.2 Å². The minimum Gasteiger partial charge on any atom is -0.373 e. The van der Waals surface area contributed by atoms with Gasteiger partial charge in [-0.25, -0.2) is 9.97 Å². The highest BCUT2D eigenvalue weighted by molar-refractivity contribution is 5.50. The van der Waals surface area contributed by atoms with E-state index in [1.54, 1.807) is 18.0 Å². The van der Waals surface area contributed by atoms with E-state index in [4.69, 9.17) is 10.5 Å². The van der Waals surface area contributed by atoms with Crippen LogP contribution in [-0.4, -0.2) is 30.1 Å². The Balaban J connectivity index is 3.17. The number of rotatable bonds is 5. The average molecular weight is 244 g/mol. The minimum atomic E-state index is 0.130. The SMILES string of the molecule is CNc1cc(N(CC#N)CC#N)nc(C(C)C)n1. The molecule has 0 fully saturated rings. The molecule has 0 saturated carbocycles. The van der Waals surface area contributed by atoms with E-state index in [2.05, 4.69) is 15.3 Å². The number of nitrogens with zero attached hydrogens (tertiary/aromatic N) is 5. The van der Waals surface area contributed by atoms with Crippen molar-refractivity contribution in [2.45, 2.75) is 19.8 Å². The Hall–Kier alpha value is -2.34. The smallest absolute Gasteiger partial charge is 0.136 e. The summed E-state index contributed by atoms with van der Waals surface area (Å²) in [6, 6.07) is 5.80. The first kappa shape index (κ1) is 13.7. The van der Waals surface area contributed by atoms with Gasteiger partial charge in [0.25, 0.3) is 0 Å². The summed E-state index contributed by atoms with van der Waals surface area (Å²) in [5, 5.41) is 20.5. The van der Waals surface area contributed by atoms with E-state index in [1.165, 1.54) is 0 Å². The summed E-state index contributed by atoms with van der Waals surface area (Å²) in [5.74, 6) is 2.16. The number of anilines is 2. The molecule has 18 heavy (non-hydrogen) atoms. The molecule has 0 radical (unpaired) electrons. The summed E-state index contributed by atoms with van der Waals surface area (Å²) in [7, 11) is 1.77. The first-order valence-electron chi connectivity index (χ1n) is 5.68. The molecule has 6 nitrogen and oxygen atoms in total. The van der Waals surface area contributed by atoms with E-state index >= 15 is 0 Å². The number of aromatic nitrogens is 2. The van der Waals surface area contributed by atoms with Crippen LogP contribution in [0.5, 0.6) is 0 Å². The van der Waals surface area contributed by atoms with Crippen LogP contribution in [0.2, 0.25) is 0 Å². The van der Waals surface area contributed by atoms with E-state index in [0.29, 0.717) is 17.5 Å². The highest BCUT2D eigenvalue weighted by atomic mass is 15.2. The van der Waals surface area contributed by atoms with E-state index in [0.717, 1.165) is 0 Å². The van der Waals surface area contributed by atoms with Crippen LogP contribution in [0.25, 0.3) is 0 Å². The van der Waals surface area contributed by atoms with Crippen molar-refractivity contribution < 1.29 is 0 Å². The molecule has 1 rings (SSSR count). The number of hydrogen-bond acceptors (Lipinski definition) is 6. The molecule has 1 aromatic heterocycles. The zero-order chi connectivity index (χ0) is 13.5. The third-order valence-corrected chi connectivity index (χ3v) is 2.35. The third kappa shape index (κ3) is 3.33. The number of hydrogen-bond donors (Lipinski definition) is 1. The largest absolute Gasteiger partial charge is 0.373 e. The molecular weight excluding hydrogens is 228 g/mol. The predicted molar refractivity (Wildman–Crippen MR) is 69.1 cm³/mol. The third-order valence-electron chi connectivity index (χ3n) is 2.35. The second kappa shape index (κ2) is 6.41. The van der Waals surface area contributed by atoms with Crippen molar-refractivity contribution in [1.29, 1.82) is 10.5 Å². The van der Waals surface area contributed by atoms with Gasteiger partial charge in [0.05, 0.1) is 12.1 Å². The molecule has 1 aromatic rings. The van der Waals surface area contributed by atoms with Gasteiger partial charge in [-0.15, -0.1) is 0 Å². The minimum absolute atomic E-state index is 0.130. The first-order chi connectivity index (χ1) is 8.62. The second-order valence-corrected chi connectivity index (χ2v) is 4.05. The van der Waals surface area contributed by atoms with Gasteiger partial charge in [-0.2, -0.15) is 10.5 Å². The van der Waals surface area contributed by atoms with Crippen molar-refractivity contribution >= 4 is 11.6 Å². The van der Waals surface area contributed by atoms with Crippen LogP contribution in [0.4, 0.5) is 11.6 Å². The topological polar surface area (TPSA) is 88.6 Å². The maximum atomic E-state index is 8.77. The van der Waals surface area contributed by atoms with Gasteiger partial charge < -0.3 is 10.2 Å². The van der Waals surface area contributed by atoms with Crippen LogP contribution in [0.1, 0.15) is 25.6 Å². The standard InChI is InChI=1S/C12H16N6/c1-9(2)12-16-10(15-3)8-11(17-12)18(6-4-13)7-5-14/h8-9H,6-7H2,1-3H3,(H,15,16,17). The Morgan fingerprint density at radius 2 is 1.89 bits per heavy atom. The van der Waals surface area contributed by atoms with Gasteiger partial charge in [-0.1, -0.05) is 13.8 Å². The summed E-state index contributed by atoms with van der Waals surface area (Å²) in [5.41, 5.74) is 0. The fourth-order valence-electron chi connectivity index (χ4n) is 1.39. The highest BCUT2D eigenvalue weighted by Gasteiger charge is 2.12. The Labute approximate surface area is 107 Å². The van der Waals surface area contributed by atoms with Crippen LogP contribution in [0.15, 0.2) is 6.07 Å². The number of nitriles is 2. The Morgan fingerprint density at radius 1 is 1.28 bits per heavy atom. The van der Waals surface area contributed by atoms with Crippen LogP contribution in [-0.2, 0) is 0 Å². The molecule has 94 valence electrons. The van der Waals surface area contributed by atoms with Crippen LogP contribution >= 0.6 is 0 Å². The molecule has 0 spiro atoms. The van der Waals surface area contributed by atoms with Crippen molar-refractivity contribution in [2.24, 2.45) is 0 Å². The summed E-state index contributed by atoms with van der Waals surface area (Å²) < 4.78 is 0. The van der Waals surface area contributed by atoms with Gasteiger partial charge in [-0.3, -0.25) is 0 Å². The predicted octanol–water partition coefficient (Wildman–Crippen LogP) is 1.50. The van der Waals surface area contributed by atoms with Gasteiger partial charge in [0, 0.05) is 19.0 Å². The molecule has 0 aliphatic rings. The van der Waals surface area contributed by atoms with Crippen molar-refractivity contribution in [3.05, 3.63) is 11.9 Å². The van der Waals surface area contributed by atoms with Gasteiger partial charge in [0.1, 0.15) is 30.5 Å². The van der Waals surface area contributed by atoms with E-state index in [9.17, 15) is 0 Å². The van der Waals surface area contributed by atoms with Crippen LogP contribution in [0.3, 0.4) is 0 Å². The normalized spacial score (nSPS) is 9.67. The Bertz CT molecular complexity index is 466. The zero-order valence-corrected chi connectivity index (χ0v) is 10.8. The monoisotopic (exact) mass is 244 g/mol. The van der Waals surface area contributed by atoms with Crippen molar-refractivity contribution in [1.82, 2.24) is 9.97 Å². The molecule has 0 unspecified atom stereocenters. The summed E-state index contributed by atoms with van der Waals surface area (Å²) in [4.78, 5) is 10.3. The quantitative estimate of drug-likeness (QED) is 0.789. The van der Waals surface area contributed by atoms with Gasteiger partial charge >= 0.3 is 0 Å². The number of nitrogens with one attached hydrogen (secondary N) is 1. The highest BCUT2D eigenvalue weighted by Crippen LogP contribution is 2.19. The molecule has 0 aromatic carbocycles. The second-order valence-electron chi connectivity index (χ2n) is 4.05. The molecule has 6 heteroatoms. The van der Waals surface area contributed by atoms with Crippen molar-refractivity contribution in [3.8, 4) is 12.1 Å². The molecule has 0 saturated heterocycles. The lowest BCUT2D eigenvalue weighted by molar-refractivity contribution is 0.766. The average Bonchev–Trinajstić information content (AvgIpc) is 2.37. The maximum Gasteiger partial charge on any atom is 0.136 e. The maximum absolute atomic E-state index is 8.77.